The van der Waals surface area contributed by atoms with Crippen LogP contribution in [0.25, 0.3) is 16.5 Å². The van der Waals surface area contributed by atoms with Crippen LogP contribution in [0.4, 0.5) is 5.69 Å². The largest absolute Gasteiger partial charge is 0.494 e. The Hall–Kier alpha value is -3.86. The summed E-state index contributed by atoms with van der Waals surface area (Å²) in [5.41, 5.74) is 5.64. The number of rotatable bonds is 4. The van der Waals surface area contributed by atoms with Crippen LogP contribution in [-0.2, 0) is 0 Å². The number of anilines is 1. The molecule has 0 aliphatic heterocycles. The fraction of sp³-hybridized carbons (Fsp3) is 0.0435. The summed E-state index contributed by atoms with van der Waals surface area (Å²) in [4.78, 5) is 13.0. The van der Waals surface area contributed by atoms with E-state index in [0.29, 0.717) is 22.0 Å². The van der Waals surface area contributed by atoms with Crippen LogP contribution < -0.4 is 11.0 Å². The number of aryl methyl sites for hydroxylation is 1. The van der Waals surface area contributed by atoms with Gasteiger partial charge in [0, 0.05) is 10.8 Å². The molecule has 0 spiro atoms. The second-order valence-electron chi connectivity index (χ2n) is 6.50. The highest BCUT2D eigenvalue weighted by atomic mass is 16.3. The third-order valence-electron chi connectivity index (χ3n) is 4.56. The average Bonchev–Trinajstić information content (AvgIpc) is 2.73. The van der Waals surface area contributed by atoms with E-state index in [0.717, 1.165) is 11.3 Å². The van der Waals surface area contributed by atoms with Gasteiger partial charge in [-0.2, -0.15) is 5.10 Å². The Kier molecular flexibility index (Phi) is 4.64. The van der Waals surface area contributed by atoms with E-state index in [1.165, 1.54) is 10.8 Å². The van der Waals surface area contributed by atoms with Crippen molar-refractivity contribution in [3.63, 3.8) is 0 Å². The maximum atomic E-state index is 13.0. The lowest BCUT2D eigenvalue weighted by Gasteiger charge is -2.14. The molecule has 0 fully saturated rings. The number of nitrogens with one attached hydrogen (secondary N) is 1. The van der Waals surface area contributed by atoms with Gasteiger partial charge in [0.05, 0.1) is 23.2 Å². The molecule has 0 radical (unpaired) electrons. The van der Waals surface area contributed by atoms with Crippen molar-refractivity contribution in [3.05, 3.63) is 100 Å². The van der Waals surface area contributed by atoms with Crippen LogP contribution in [0.2, 0.25) is 0 Å². The third kappa shape index (κ3) is 3.25. The number of aromatic nitrogens is 1. The van der Waals surface area contributed by atoms with Gasteiger partial charge in [0.2, 0.25) is 5.88 Å². The summed E-state index contributed by atoms with van der Waals surface area (Å²) in [6.07, 6.45) is 1.54. The number of fused-ring (bicyclic) bond motifs is 1. The zero-order valence-corrected chi connectivity index (χ0v) is 15.3. The number of para-hydroxylation sites is 1. The minimum absolute atomic E-state index is 0.147. The van der Waals surface area contributed by atoms with Crippen molar-refractivity contribution in [2.45, 2.75) is 6.92 Å². The molecule has 4 aromatic rings. The Morgan fingerprint density at radius 2 is 1.54 bits per heavy atom. The van der Waals surface area contributed by atoms with Crippen molar-refractivity contribution >= 4 is 22.7 Å². The smallest absolute Gasteiger partial charge is 0.265 e. The first-order valence-electron chi connectivity index (χ1n) is 8.93. The number of hydrogen-bond acceptors (Lipinski definition) is 4. The summed E-state index contributed by atoms with van der Waals surface area (Å²) in [6.45, 7) is 1.97. The molecule has 1 aromatic heterocycles. The second-order valence-corrected chi connectivity index (χ2v) is 6.50. The van der Waals surface area contributed by atoms with Gasteiger partial charge in [-0.15, -0.1) is 0 Å². The fourth-order valence-corrected chi connectivity index (χ4v) is 3.11. The van der Waals surface area contributed by atoms with Gasteiger partial charge in [0.25, 0.3) is 5.56 Å². The van der Waals surface area contributed by atoms with E-state index in [4.69, 9.17) is 0 Å². The first kappa shape index (κ1) is 17.5. The molecular weight excluding hydrogens is 350 g/mol. The molecule has 0 amide bonds. The van der Waals surface area contributed by atoms with Crippen LogP contribution in [0.1, 0.15) is 11.1 Å². The fourth-order valence-electron chi connectivity index (χ4n) is 3.11. The topological polar surface area (TPSA) is 66.6 Å². The lowest BCUT2D eigenvalue weighted by molar-refractivity contribution is 0.436. The molecule has 4 rings (SSSR count). The number of aromatic hydroxyl groups is 1. The Morgan fingerprint density at radius 1 is 0.893 bits per heavy atom. The van der Waals surface area contributed by atoms with Crippen LogP contribution in [0.5, 0.6) is 5.88 Å². The Balaban J connectivity index is 1.87. The van der Waals surface area contributed by atoms with Gasteiger partial charge in [-0.1, -0.05) is 54.1 Å². The molecule has 0 saturated heterocycles. The van der Waals surface area contributed by atoms with Crippen molar-refractivity contribution < 1.29 is 5.11 Å². The average molecular weight is 369 g/mol. The molecule has 5 heteroatoms. The number of benzene rings is 3. The highest BCUT2D eigenvalue weighted by molar-refractivity contribution is 6.01. The zero-order valence-electron chi connectivity index (χ0n) is 15.3. The molecule has 0 aliphatic rings. The van der Waals surface area contributed by atoms with Crippen LogP contribution in [0.15, 0.2) is 88.8 Å². The molecule has 138 valence electrons. The highest BCUT2D eigenvalue weighted by Gasteiger charge is 2.16. The van der Waals surface area contributed by atoms with Crippen molar-refractivity contribution in [2.24, 2.45) is 5.10 Å². The van der Waals surface area contributed by atoms with E-state index in [1.54, 1.807) is 12.1 Å². The van der Waals surface area contributed by atoms with Gasteiger partial charge >= 0.3 is 0 Å². The molecule has 3 aromatic carbocycles. The van der Waals surface area contributed by atoms with E-state index in [2.05, 4.69) is 10.5 Å². The zero-order chi connectivity index (χ0) is 19.5. The van der Waals surface area contributed by atoms with E-state index in [9.17, 15) is 9.90 Å². The predicted molar refractivity (Wildman–Crippen MR) is 114 cm³/mol. The summed E-state index contributed by atoms with van der Waals surface area (Å²) in [7, 11) is 0. The summed E-state index contributed by atoms with van der Waals surface area (Å²) in [6, 6.07) is 24.2. The molecule has 28 heavy (non-hydrogen) atoms. The molecule has 0 atom stereocenters. The van der Waals surface area contributed by atoms with E-state index < -0.39 is 0 Å². The third-order valence-corrected chi connectivity index (χ3v) is 4.56. The Bertz CT molecular complexity index is 1210. The van der Waals surface area contributed by atoms with Crippen molar-refractivity contribution in [2.75, 3.05) is 5.43 Å². The van der Waals surface area contributed by atoms with E-state index in [-0.39, 0.29) is 11.4 Å². The second kappa shape index (κ2) is 7.40. The first-order chi connectivity index (χ1) is 13.6. The van der Waals surface area contributed by atoms with Gasteiger partial charge in [0.15, 0.2) is 0 Å². The number of hydrogen-bond donors (Lipinski definition) is 2. The van der Waals surface area contributed by atoms with Crippen molar-refractivity contribution in [3.8, 4) is 11.6 Å². The number of pyridine rings is 1. The molecular formula is C23H19N3O2. The van der Waals surface area contributed by atoms with E-state index >= 15 is 0 Å². The normalized spacial score (nSPS) is 11.2. The highest BCUT2D eigenvalue weighted by Crippen LogP contribution is 2.26. The van der Waals surface area contributed by atoms with Gasteiger partial charge < -0.3 is 5.11 Å². The van der Waals surface area contributed by atoms with E-state index in [1.807, 2.05) is 73.7 Å². The summed E-state index contributed by atoms with van der Waals surface area (Å²) in [5, 5.41) is 16.3. The Morgan fingerprint density at radius 3 is 2.25 bits per heavy atom. The number of hydrazone groups is 1. The van der Waals surface area contributed by atoms with Gasteiger partial charge in [-0.3, -0.25) is 10.2 Å². The minimum Gasteiger partial charge on any atom is -0.494 e. The maximum absolute atomic E-state index is 13.0. The molecule has 0 aliphatic carbocycles. The molecule has 0 unspecified atom stereocenters. The summed E-state index contributed by atoms with van der Waals surface area (Å²) >= 11 is 0. The maximum Gasteiger partial charge on any atom is 0.265 e. The minimum atomic E-state index is -0.273. The van der Waals surface area contributed by atoms with Crippen LogP contribution in [-0.4, -0.2) is 15.9 Å². The van der Waals surface area contributed by atoms with Gasteiger partial charge in [0.1, 0.15) is 0 Å². The lowest BCUT2D eigenvalue weighted by atomic mass is 10.1. The van der Waals surface area contributed by atoms with Crippen LogP contribution >= 0.6 is 0 Å². The molecule has 1 heterocycles. The number of nitrogens with zero attached hydrogens (tertiary/aromatic N) is 2. The predicted octanol–water partition coefficient (Wildman–Crippen LogP) is 4.45. The van der Waals surface area contributed by atoms with Crippen molar-refractivity contribution in [1.29, 1.82) is 0 Å². The molecule has 0 bridgehead atoms. The Labute approximate surface area is 162 Å². The molecule has 2 N–H and O–H groups in total. The van der Waals surface area contributed by atoms with Gasteiger partial charge in [-0.05, 0) is 37.3 Å². The summed E-state index contributed by atoms with van der Waals surface area (Å²) in [5.74, 6) is -0.147. The SMILES string of the molecule is Cc1ccc(-n2c(O)c(/C=N/Nc3ccccc3)c3ccccc3c2=O)cc1. The quantitative estimate of drug-likeness (QED) is 0.412. The standard InChI is InChI=1S/C23H19N3O2/c1-16-11-13-18(14-12-16)26-22(27)20-10-6-5-9-19(20)21(23(26)28)15-24-25-17-7-3-2-4-8-17/h2-15,25,28H,1H3/b24-15+. The monoisotopic (exact) mass is 369 g/mol. The molecule has 5 nitrogen and oxygen atoms in total. The summed E-state index contributed by atoms with van der Waals surface area (Å²) < 4.78 is 1.31. The first-order valence-corrected chi connectivity index (χ1v) is 8.93. The van der Waals surface area contributed by atoms with Gasteiger partial charge in [-0.25, -0.2) is 4.57 Å². The van der Waals surface area contributed by atoms with Crippen LogP contribution in [0, 0.1) is 6.92 Å². The molecule has 0 saturated carbocycles. The van der Waals surface area contributed by atoms with Crippen molar-refractivity contribution in [1.82, 2.24) is 4.57 Å². The van der Waals surface area contributed by atoms with Crippen LogP contribution in [0.3, 0.4) is 0 Å². The lowest BCUT2D eigenvalue weighted by Crippen LogP contribution is -2.20.